The molecule has 0 aromatic carbocycles. The van der Waals surface area contributed by atoms with Gasteiger partial charge in [-0.1, -0.05) is 11.6 Å². The number of allylic oxidation sites excluding steroid dienone is 1. The molecular formula is C18H26O4. The molecular weight excluding hydrogens is 280 g/mol. The highest BCUT2D eigenvalue weighted by molar-refractivity contribution is 5.85. The quantitative estimate of drug-likeness (QED) is 0.592. The zero-order chi connectivity index (χ0) is 18.1. The first-order valence-corrected chi connectivity index (χ1v) is 8.28. The third-order valence-electron chi connectivity index (χ3n) is 5.71. The van der Waals surface area contributed by atoms with Crippen LogP contribution in [0.25, 0.3) is 0 Å². The number of ether oxygens (including phenoxy) is 3. The van der Waals surface area contributed by atoms with Crippen LogP contribution < -0.4 is 0 Å². The summed E-state index contributed by atoms with van der Waals surface area (Å²) in [6.45, 7) is 2.26. The topological polar surface area (TPSA) is 51.4 Å². The number of epoxide rings is 2. The summed E-state index contributed by atoms with van der Waals surface area (Å²) < 4.78 is 41.7. The van der Waals surface area contributed by atoms with Crippen LogP contribution in [0.2, 0.25) is 0 Å². The molecule has 2 aliphatic carbocycles. The third kappa shape index (κ3) is 2.27. The van der Waals surface area contributed by atoms with Gasteiger partial charge in [-0.05, 0) is 45.4 Å². The largest absolute Gasteiger partial charge is 0.373 e. The van der Waals surface area contributed by atoms with Crippen LogP contribution in [0.3, 0.4) is 0 Å². The minimum Gasteiger partial charge on any atom is -0.373 e. The second kappa shape index (κ2) is 5.15. The summed E-state index contributed by atoms with van der Waals surface area (Å²) in [6, 6.07) is 0. The van der Waals surface area contributed by atoms with Gasteiger partial charge in [0.25, 0.3) is 0 Å². The Bertz CT molecular complexity index is 622. The van der Waals surface area contributed by atoms with Gasteiger partial charge in [-0.2, -0.15) is 0 Å². The fourth-order valence-corrected chi connectivity index (χ4v) is 4.26. The molecule has 22 heavy (non-hydrogen) atoms. The normalized spacial score (nSPS) is 54.7. The van der Waals surface area contributed by atoms with Gasteiger partial charge < -0.3 is 14.2 Å². The molecule has 4 fully saturated rings. The van der Waals surface area contributed by atoms with E-state index in [1.54, 1.807) is 0 Å². The molecule has 0 radical (unpaired) electrons. The Kier molecular flexibility index (Phi) is 2.75. The molecule has 2 saturated carbocycles. The molecule has 0 amide bonds. The van der Waals surface area contributed by atoms with E-state index in [4.69, 9.17) is 18.3 Å². The SMILES string of the molecule is [2H]C1([2H])C[C@]2(CO2)[C@@H]([C@@]2(C)O[C@@H]2CC=C2CCCC2)[C@]([2H])(OC)C1=O. The van der Waals surface area contributed by atoms with E-state index in [1.807, 2.05) is 6.92 Å². The van der Waals surface area contributed by atoms with E-state index in [0.29, 0.717) is 6.61 Å². The van der Waals surface area contributed by atoms with Crippen molar-refractivity contribution in [3.05, 3.63) is 11.6 Å². The summed E-state index contributed by atoms with van der Waals surface area (Å²) >= 11 is 0. The van der Waals surface area contributed by atoms with Crippen LogP contribution in [0.1, 0.15) is 55.9 Å². The van der Waals surface area contributed by atoms with Crippen molar-refractivity contribution in [1.82, 2.24) is 0 Å². The number of rotatable bonds is 4. The first-order chi connectivity index (χ1) is 11.7. The predicted molar refractivity (Wildman–Crippen MR) is 81.7 cm³/mol. The summed E-state index contributed by atoms with van der Waals surface area (Å²) in [5.74, 6) is -1.45. The molecule has 0 aromatic rings. The maximum atomic E-state index is 12.7. The Morgan fingerprint density at radius 2 is 2.23 bits per heavy atom. The molecule has 0 aromatic heterocycles. The first-order valence-electron chi connectivity index (χ1n) is 9.78. The van der Waals surface area contributed by atoms with Gasteiger partial charge in [-0.25, -0.2) is 0 Å². The van der Waals surface area contributed by atoms with Gasteiger partial charge in [0.2, 0.25) is 0 Å². The van der Waals surface area contributed by atoms with E-state index in [0.717, 1.165) is 19.3 Å². The van der Waals surface area contributed by atoms with Gasteiger partial charge >= 0.3 is 0 Å². The fourth-order valence-electron chi connectivity index (χ4n) is 4.26. The molecule has 4 nitrogen and oxygen atoms in total. The fraction of sp³-hybridized carbons (Fsp3) is 0.833. The molecule has 1 spiro atoms. The lowest BCUT2D eigenvalue weighted by atomic mass is 9.69. The van der Waals surface area contributed by atoms with Crippen molar-refractivity contribution in [2.24, 2.45) is 5.92 Å². The van der Waals surface area contributed by atoms with Gasteiger partial charge in [0.1, 0.15) is 17.3 Å². The summed E-state index contributed by atoms with van der Waals surface area (Å²) in [5.41, 5.74) is -0.0647. The second-order valence-electron chi connectivity index (χ2n) is 7.13. The Balaban J connectivity index is 1.60. The minimum atomic E-state index is -2.11. The van der Waals surface area contributed by atoms with Gasteiger partial charge in [0, 0.05) is 16.2 Å². The van der Waals surface area contributed by atoms with Crippen molar-refractivity contribution in [3.63, 3.8) is 0 Å². The van der Waals surface area contributed by atoms with E-state index in [9.17, 15) is 4.79 Å². The summed E-state index contributed by atoms with van der Waals surface area (Å²) in [7, 11) is 1.30. The van der Waals surface area contributed by atoms with Gasteiger partial charge in [0.05, 0.1) is 20.0 Å². The molecule has 0 bridgehead atoms. The number of hydrogen-bond acceptors (Lipinski definition) is 4. The number of carbonyl (C=O) groups excluding carboxylic acids is 1. The van der Waals surface area contributed by atoms with Crippen molar-refractivity contribution in [3.8, 4) is 0 Å². The van der Waals surface area contributed by atoms with Crippen molar-refractivity contribution in [1.29, 1.82) is 0 Å². The zero-order valence-electron chi connectivity index (χ0n) is 16.3. The lowest BCUT2D eigenvalue weighted by Gasteiger charge is -2.37. The van der Waals surface area contributed by atoms with E-state index in [-0.39, 0.29) is 12.5 Å². The smallest absolute Gasteiger partial charge is 0.162 e. The highest BCUT2D eigenvalue weighted by atomic mass is 16.6. The van der Waals surface area contributed by atoms with E-state index < -0.39 is 35.4 Å². The van der Waals surface area contributed by atoms with Crippen LogP contribution in [0.4, 0.5) is 0 Å². The van der Waals surface area contributed by atoms with Crippen LogP contribution in [0.15, 0.2) is 11.6 Å². The monoisotopic (exact) mass is 309 g/mol. The van der Waals surface area contributed by atoms with Crippen LogP contribution in [0.5, 0.6) is 0 Å². The number of methoxy groups -OCH3 is 1. The molecule has 0 unspecified atom stereocenters. The van der Waals surface area contributed by atoms with E-state index in [2.05, 4.69) is 6.08 Å². The maximum Gasteiger partial charge on any atom is 0.162 e. The van der Waals surface area contributed by atoms with Crippen molar-refractivity contribution in [2.75, 3.05) is 13.7 Å². The highest BCUT2D eigenvalue weighted by Crippen LogP contribution is 2.58. The summed E-state index contributed by atoms with van der Waals surface area (Å²) in [6.07, 6.45) is 3.60. The second-order valence-corrected chi connectivity index (χ2v) is 7.13. The average molecular weight is 309 g/mol. The number of Topliss-reactive ketones (excluding diaryl/α,β-unsaturated/α-hetero) is 1. The standard InChI is InChI=1S/C18H26O4/c1-17(14(22-17)8-7-12-5-3-4-6-12)16-15(20-2)13(19)9-10-18(16)11-21-18/h7,14-16H,3-6,8-11H2,1-2H3/t14-,15-,16-,17+,18+/m1/s1/i9D2,15D. The Morgan fingerprint density at radius 1 is 1.50 bits per heavy atom. The van der Waals surface area contributed by atoms with Crippen LogP contribution in [-0.2, 0) is 19.0 Å². The van der Waals surface area contributed by atoms with Gasteiger partial charge in [-0.15, -0.1) is 0 Å². The zero-order valence-corrected chi connectivity index (χ0v) is 13.3. The highest BCUT2D eigenvalue weighted by Gasteiger charge is 2.71. The molecule has 122 valence electrons. The third-order valence-corrected chi connectivity index (χ3v) is 5.71. The van der Waals surface area contributed by atoms with Crippen molar-refractivity contribution >= 4 is 5.78 Å². The molecule has 4 rings (SSSR count). The Labute approximate surface area is 136 Å². The van der Waals surface area contributed by atoms with E-state index >= 15 is 0 Å². The number of hydrogen-bond donors (Lipinski definition) is 0. The molecule has 4 aliphatic rings. The first kappa shape index (κ1) is 11.8. The molecule has 5 atom stereocenters. The lowest BCUT2D eigenvalue weighted by Crippen LogP contribution is -2.52. The molecule has 2 saturated heterocycles. The maximum absolute atomic E-state index is 12.7. The average Bonchev–Trinajstić information content (AvgIpc) is 3.36. The van der Waals surface area contributed by atoms with Crippen LogP contribution in [0, 0.1) is 5.92 Å². The number of carbonyl (C=O) groups is 1. The van der Waals surface area contributed by atoms with Crippen molar-refractivity contribution < 1.29 is 23.1 Å². The minimum absolute atomic E-state index is 0.0275. The van der Waals surface area contributed by atoms with Crippen LogP contribution >= 0.6 is 0 Å². The molecule has 2 heterocycles. The molecule has 2 aliphatic heterocycles. The van der Waals surface area contributed by atoms with Gasteiger partial charge in [0.15, 0.2) is 5.78 Å². The number of ketones is 1. The Morgan fingerprint density at radius 3 is 2.86 bits per heavy atom. The van der Waals surface area contributed by atoms with Crippen LogP contribution in [-0.4, -0.2) is 42.9 Å². The lowest BCUT2D eigenvalue weighted by molar-refractivity contribution is -0.142. The molecule has 0 N–H and O–H groups in total. The van der Waals surface area contributed by atoms with Gasteiger partial charge in [-0.3, -0.25) is 4.79 Å². The summed E-state index contributed by atoms with van der Waals surface area (Å²) in [5, 5.41) is 0. The summed E-state index contributed by atoms with van der Waals surface area (Å²) in [4.78, 5) is 12.7. The Hall–Kier alpha value is -0.710. The van der Waals surface area contributed by atoms with E-state index in [1.165, 1.54) is 25.5 Å². The predicted octanol–water partition coefficient (Wildman–Crippen LogP) is 2.80. The van der Waals surface area contributed by atoms with Crippen molar-refractivity contribution in [2.45, 2.75) is 75.2 Å². The molecule has 4 heteroatoms.